The number of rotatable bonds is 2. The molecule has 1 spiro atoms. The molecule has 110 valence electrons. The number of piperidine rings is 1. The van der Waals surface area contributed by atoms with Crippen LogP contribution in [-0.2, 0) is 16.5 Å². The Morgan fingerprint density at radius 2 is 2.45 bits per heavy atom. The van der Waals surface area contributed by atoms with Crippen LogP contribution in [0.25, 0.3) is 0 Å². The lowest BCUT2D eigenvalue weighted by Gasteiger charge is -2.39. The molecule has 3 heterocycles. The maximum atomic E-state index is 12.4. The van der Waals surface area contributed by atoms with Gasteiger partial charge in [0.15, 0.2) is 0 Å². The standard InChI is InChI=1S/C13H20N4O3/c1-16-9-14-11(15-16)12(18)17-5-3-4-13(8-17)6-10(19-2)7-20-13/h9-10H,3-8H2,1-2H3/t10-,13+/m0/s1. The Hall–Kier alpha value is -1.47. The van der Waals surface area contributed by atoms with Crippen LogP contribution in [0, 0.1) is 0 Å². The Balaban J connectivity index is 1.71. The third-order valence-electron chi connectivity index (χ3n) is 4.13. The zero-order valence-corrected chi connectivity index (χ0v) is 11.9. The van der Waals surface area contributed by atoms with Crippen LogP contribution in [0.1, 0.15) is 29.9 Å². The summed E-state index contributed by atoms with van der Waals surface area (Å²) in [5, 5.41) is 4.08. The number of nitrogens with zero attached hydrogens (tertiary/aromatic N) is 4. The number of carbonyl (C=O) groups is 1. The topological polar surface area (TPSA) is 69.5 Å². The number of ether oxygens (including phenoxy) is 2. The molecule has 0 unspecified atom stereocenters. The van der Waals surface area contributed by atoms with Gasteiger partial charge < -0.3 is 14.4 Å². The third-order valence-corrected chi connectivity index (χ3v) is 4.13. The molecule has 0 bridgehead atoms. The normalized spacial score (nSPS) is 30.1. The van der Waals surface area contributed by atoms with Crippen LogP contribution >= 0.6 is 0 Å². The number of hydrogen-bond donors (Lipinski definition) is 0. The van der Waals surface area contributed by atoms with Gasteiger partial charge >= 0.3 is 0 Å². The predicted molar refractivity (Wildman–Crippen MR) is 70.2 cm³/mol. The molecule has 0 radical (unpaired) electrons. The number of likely N-dealkylation sites (tertiary alicyclic amines) is 1. The van der Waals surface area contributed by atoms with Crippen LogP contribution in [0.5, 0.6) is 0 Å². The van der Waals surface area contributed by atoms with E-state index in [0.29, 0.717) is 13.2 Å². The summed E-state index contributed by atoms with van der Waals surface area (Å²) in [6, 6.07) is 0. The SMILES string of the molecule is CO[C@@H]1CO[C@]2(CCCN(C(=O)c3ncn(C)n3)C2)C1. The van der Waals surface area contributed by atoms with Crippen molar-refractivity contribution in [3.8, 4) is 0 Å². The molecule has 2 fully saturated rings. The van der Waals surface area contributed by atoms with Gasteiger partial charge in [0.05, 0.1) is 24.9 Å². The minimum Gasteiger partial charge on any atom is -0.379 e. The maximum Gasteiger partial charge on any atom is 0.293 e. The zero-order chi connectivity index (χ0) is 14.2. The average Bonchev–Trinajstić information content (AvgIpc) is 3.05. The van der Waals surface area contributed by atoms with Crippen molar-refractivity contribution in [3.63, 3.8) is 0 Å². The first-order valence-corrected chi connectivity index (χ1v) is 6.93. The number of amides is 1. The van der Waals surface area contributed by atoms with Crippen molar-refractivity contribution < 1.29 is 14.3 Å². The lowest BCUT2D eigenvalue weighted by Crippen LogP contribution is -2.50. The van der Waals surface area contributed by atoms with Gasteiger partial charge in [-0.2, -0.15) is 0 Å². The molecule has 2 aliphatic rings. The van der Waals surface area contributed by atoms with E-state index in [4.69, 9.17) is 9.47 Å². The van der Waals surface area contributed by atoms with Gasteiger partial charge in [-0.1, -0.05) is 0 Å². The van der Waals surface area contributed by atoms with E-state index >= 15 is 0 Å². The number of hydrogen-bond acceptors (Lipinski definition) is 5. The number of aryl methyl sites for hydroxylation is 1. The predicted octanol–water partition coefficient (Wildman–Crippen LogP) is 0.225. The van der Waals surface area contributed by atoms with Crippen molar-refractivity contribution in [2.75, 3.05) is 26.8 Å². The summed E-state index contributed by atoms with van der Waals surface area (Å²) in [6.45, 7) is 1.95. The molecule has 0 aromatic carbocycles. The van der Waals surface area contributed by atoms with Crippen molar-refractivity contribution in [1.29, 1.82) is 0 Å². The fourth-order valence-corrected chi connectivity index (χ4v) is 3.09. The minimum absolute atomic E-state index is 0.117. The van der Waals surface area contributed by atoms with Crippen LogP contribution < -0.4 is 0 Å². The summed E-state index contributed by atoms with van der Waals surface area (Å²) in [5.74, 6) is 0.139. The van der Waals surface area contributed by atoms with Gasteiger partial charge in [0.1, 0.15) is 6.33 Å². The molecular weight excluding hydrogens is 260 g/mol. The van der Waals surface area contributed by atoms with E-state index in [0.717, 1.165) is 25.8 Å². The lowest BCUT2D eigenvalue weighted by molar-refractivity contribution is -0.0460. The highest BCUT2D eigenvalue weighted by molar-refractivity contribution is 5.90. The Kier molecular flexibility index (Phi) is 3.47. The van der Waals surface area contributed by atoms with Crippen LogP contribution in [0.15, 0.2) is 6.33 Å². The fourth-order valence-electron chi connectivity index (χ4n) is 3.09. The van der Waals surface area contributed by atoms with E-state index in [9.17, 15) is 4.79 Å². The van der Waals surface area contributed by atoms with Crippen molar-refractivity contribution in [1.82, 2.24) is 19.7 Å². The Morgan fingerprint density at radius 1 is 1.60 bits per heavy atom. The van der Waals surface area contributed by atoms with E-state index in [1.54, 1.807) is 30.1 Å². The minimum atomic E-state index is -0.247. The molecular formula is C13H20N4O3. The molecule has 7 nitrogen and oxygen atoms in total. The van der Waals surface area contributed by atoms with Crippen LogP contribution in [0.4, 0.5) is 0 Å². The van der Waals surface area contributed by atoms with Crippen molar-refractivity contribution >= 4 is 5.91 Å². The summed E-state index contributed by atoms with van der Waals surface area (Å²) in [7, 11) is 3.46. The number of methoxy groups -OCH3 is 1. The van der Waals surface area contributed by atoms with E-state index < -0.39 is 0 Å². The first-order chi connectivity index (χ1) is 9.62. The molecule has 1 aromatic rings. The number of carbonyl (C=O) groups excluding carboxylic acids is 1. The second-order valence-electron chi connectivity index (χ2n) is 5.63. The Morgan fingerprint density at radius 3 is 3.10 bits per heavy atom. The summed E-state index contributed by atoms with van der Waals surface area (Å²) in [6.07, 6.45) is 4.45. The van der Waals surface area contributed by atoms with Crippen molar-refractivity contribution in [2.45, 2.75) is 31.0 Å². The van der Waals surface area contributed by atoms with Gasteiger partial charge in [0.25, 0.3) is 5.91 Å². The molecule has 3 rings (SSSR count). The number of aromatic nitrogens is 3. The molecule has 20 heavy (non-hydrogen) atoms. The summed E-state index contributed by atoms with van der Waals surface area (Å²) >= 11 is 0. The second kappa shape index (κ2) is 5.14. The molecule has 1 amide bonds. The second-order valence-corrected chi connectivity index (χ2v) is 5.63. The van der Waals surface area contributed by atoms with Crippen molar-refractivity contribution in [3.05, 3.63) is 12.2 Å². The highest BCUT2D eigenvalue weighted by atomic mass is 16.6. The molecule has 2 atom stereocenters. The van der Waals surface area contributed by atoms with Crippen molar-refractivity contribution in [2.24, 2.45) is 7.05 Å². The Bertz CT molecular complexity index is 504. The van der Waals surface area contributed by atoms with Crippen LogP contribution in [0.3, 0.4) is 0 Å². The smallest absolute Gasteiger partial charge is 0.293 e. The molecule has 0 N–H and O–H groups in total. The lowest BCUT2D eigenvalue weighted by atomic mass is 9.89. The summed E-state index contributed by atoms with van der Waals surface area (Å²) in [5.41, 5.74) is -0.247. The van der Waals surface area contributed by atoms with Gasteiger partial charge in [-0.05, 0) is 12.8 Å². The maximum absolute atomic E-state index is 12.4. The first-order valence-electron chi connectivity index (χ1n) is 6.93. The molecule has 2 aliphatic heterocycles. The zero-order valence-electron chi connectivity index (χ0n) is 11.9. The highest BCUT2D eigenvalue weighted by Crippen LogP contribution is 2.35. The third kappa shape index (κ3) is 2.43. The quantitative estimate of drug-likeness (QED) is 0.775. The van der Waals surface area contributed by atoms with Gasteiger partial charge in [0.2, 0.25) is 5.82 Å². The van der Waals surface area contributed by atoms with Gasteiger partial charge in [-0.3, -0.25) is 9.48 Å². The monoisotopic (exact) mass is 280 g/mol. The average molecular weight is 280 g/mol. The highest BCUT2D eigenvalue weighted by Gasteiger charge is 2.45. The molecule has 0 saturated carbocycles. The first kappa shape index (κ1) is 13.5. The van der Waals surface area contributed by atoms with Gasteiger partial charge in [-0.25, -0.2) is 4.98 Å². The van der Waals surface area contributed by atoms with Gasteiger partial charge in [-0.15, -0.1) is 5.10 Å². The van der Waals surface area contributed by atoms with Crippen LogP contribution in [0.2, 0.25) is 0 Å². The fraction of sp³-hybridized carbons (Fsp3) is 0.769. The largest absolute Gasteiger partial charge is 0.379 e. The summed E-state index contributed by atoms with van der Waals surface area (Å²) in [4.78, 5) is 18.2. The van der Waals surface area contributed by atoms with E-state index in [1.807, 2.05) is 0 Å². The Labute approximate surface area is 117 Å². The molecule has 0 aliphatic carbocycles. The van der Waals surface area contributed by atoms with E-state index in [2.05, 4.69) is 10.1 Å². The van der Waals surface area contributed by atoms with Gasteiger partial charge in [0, 0.05) is 27.1 Å². The molecule has 7 heteroatoms. The van der Waals surface area contributed by atoms with E-state index in [1.165, 1.54) is 0 Å². The molecule has 1 aromatic heterocycles. The molecule has 2 saturated heterocycles. The van der Waals surface area contributed by atoms with Crippen LogP contribution in [-0.4, -0.2) is 64.1 Å². The van der Waals surface area contributed by atoms with E-state index in [-0.39, 0.29) is 23.4 Å². The summed E-state index contributed by atoms with van der Waals surface area (Å²) < 4.78 is 12.8.